The number of benzene rings is 1. The third-order valence-corrected chi connectivity index (χ3v) is 2.68. The normalized spacial score (nSPS) is 11.2. The summed E-state index contributed by atoms with van der Waals surface area (Å²) < 4.78 is 0. The molecular formula is C13H16N4O3. The van der Waals surface area contributed by atoms with E-state index >= 15 is 0 Å². The molecule has 0 aliphatic rings. The van der Waals surface area contributed by atoms with Gasteiger partial charge in [-0.25, -0.2) is 0 Å². The molecule has 1 aromatic rings. The van der Waals surface area contributed by atoms with Crippen LogP contribution in [0.3, 0.4) is 0 Å². The standard InChI is InChI=1S/C13H16N4O3/c1-9(18)15-11-7-5-10(6-8-11)12(16-17-14)3-2-4-13(19)20/h5-8,12H,2-4H2,1H3,(H,15,18)(H,19,20). The van der Waals surface area contributed by atoms with Gasteiger partial charge in [-0.1, -0.05) is 17.2 Å². The van der Waals surface area contributed by atoms with Crippen LogP contribution in [0.5, 0.6) is 0 Å². The SMILES string of the molecule is CC(=O)Nc1ccc(C(CCCC(=O)O)N=[N+]=[N-])cc1. The highest BCUT2D eigenvalue weighted by atomic mass is 16.4. The zero-order valence-electron chi connectivity index (χ0n) is 11.1. The number of anilines is 1. The molecule has 0 bridgehead atoms. The predicted octanol–water partition coefficient (Wildman–Crippen LogP) is 3.25. The molecule has 0 heterocycles. The summed E-state index contributed by atoms with van der Waals surface area (Å²) in [6.45, 7) is 1.42. The number of amides is 1. The molecule has 1 unspecified atom stereocenters. The number of rotatable bonds is 7. The summed E-state index contributed by atoms with van der Waals surface area (Å²) in [4.78, 5) is 24.2. The van der Waals surface area contributed by atoms with Gasteiger partial charge in [-0.3, -0.25) is 9.59 Å². The van der Waals surface area contributed by atoms with Gasteiger partial charge in [0.2, 0.25) is 5.91 Å². The van der Waals surface area contributed by atoms with Crippen LogP contribution >= 0.6 is 0 Å². The lowest BCUT2D eigenvalue weighted by atomic mass is 10.0. The van der Waals surface area contributed by atoms with E-state index in [4.69, 9.17) is 10.6 Å². The molecule has 7 nitrogen and oxygen atoms in total. The molecule has 20 heavy (non-hydrogen) atoms. The van der Waals surface area contributed by atoms with Crippen molar-refractivity contribution in [3.8, 4) is 0 Å². The Bertz CT molecular complexity index is 521. The van der Waals surface area contributed by atoms with E-state index in [1.165, 1.54) is 6.92 Å². The molecule has 1 amide bonds. The minimum Gasteiger partial charge on any atom is -0.481 e. The van der Waals surface area contributed by atoms with Gasteiger partial charge < -0.3 is 10.4 Å². The average molecular weight is 276 g/mol. The molecule has 106 valence electrons. The van der Waals surface area contributed by atoms with Crippen LogP contribution in [-0.2, 0) is 9.59 Å². The van der Waals surface area contributed by atoms with Crippen molar-refractivity contribution in [1.82, 2.24) is 0 Å². The molecule has 0 aliphatic carbocycles. The Balaban J connectivity index is 2.73. The lowest BCUT2D eigenvalue weighted by Gasteiger charge is -2.11. The Morgan fingerprint density at radius 3 is 2.55 bits per heavy atom. The molecule has 0 spiro atoms. The van der Waals surface area contributed by atoms with Gasteiger partial charge in [0, 0.05) is 23.9 Å². The molecule has 0 saturated carbocycles. The van der Waals surface area contributed by atoms with E-state index < -0.39 is 12.0 Å². The summed E-state index contributed by atoms with van der Waals surface area (Å²) >= 11 is 0. The van der Waals surface area contributed by atoms with E-state index in [2.05, 4.69) is 15.3 Å². The number of aliphatic carboxylic acids is 1. The Morgan fingerprint density at radius 2 is 2.05 bits per heavy atom. The van der Waals surface area contributed by atoms with Crippen molar-refractivity contribution < 1.29 is 14.7 Å². The number of carboxylic acid groups (broad SMARTS) is 1. The quantitative estimate of drug-likeness (QED) is 0.452. The lowest BCUT2D eigenvalue weighted by molar-refractivity contribution is -0.137. The lowest BCUT2D eigenvalue weighted by Crippen LogP contribution is -2.05. The van der Waals surface area contributed by atoms with E-state index in [-0.39, 0.29) is 12.3 Å². The van der Waals surface area contributed by atoms with Crippen LogP contribution in [0.25, 0.3) is 10.4 Å². The average Bonchev–Trinajstić information content (AvgIpc) is 2.37. The van der Waals surface area contributed by atoms with Crippen molar-refractivity contribution in [2.75, 3.05) is 5.32 Å². The largest absolute Gasteiger partial charge is 0.481 e. The van der Waals surface area contributed by atoms with Crippen LogP contribution in [0.1, 0.15) is 37.8 Å². The maximum absolute atomic E-state index is 10.9. The summed E-state index contributed by atoms with van der Waals surface area (Å²) in [6, 6.07) is 6.55. The molecule has 0 fully saturated rings. The minimum atomic E-state index is -0.870. The first-order chi connectivity index (χ1) is 9.52. The fourth-order valence-corrected chi connectivity index (χ4v) is 1.79. The van der Waals surface area contributed by atoms with Crippen molar-refractivity contribution in [2.45, 2.75) is 32.2 Å². The number of nitrogens with one attached hydrogen (secondary N) is 1. The summed E-state index contributed by atoms with van der Waals surface area (Å²) in [5.41, 5.74) is 10.0. The molecule has 0 radical (unpaired) electrons. The maximum atomic E-state index is 10.9. The second-order valence-corrected chi connectivity index (χ2v) is 4.31. The van der Waals surface area contributed by atoms with Gasteiger partial charge in [0.05, 0.1) is 6.04 Å². The van der Waals surface area contributed by atoms with Crippen molar-refractivity contribution in [3.63, 3.8) is 0 Å². The summed E-state index contributed by atoms with van der Waals surface area (Å²) in [6.07, 6.45) is 0.948. The van der Waals surface area contributed by atoms with Gasteiger partial charge in [0.15, 0.2) is 0 Å². The third kappa shape index (κ3) is 5.41. The van der Waals surface area contributed by atoms with E-state index in [1.54, 1.807) is 24.3 Å². The second-order valence-electron chi connectivity index (χ2n) is 4.31. The highest BCUT2D eigenvalue weighted by Gasteiger charge is 2.10. The number of carboxylic acids is 1. The topological polar surface area (TPSA) is 115 Å². The molecule has 0 aliphatic heterocycles. The second kappa shape index (κ2) is 7.81. The smallest absolute Gasteiger partial charge is 0.303 e. The number of carbonyl (C=O) groups is 2. The van der Waals surface area contributed by atoms with Crippen LogP contribution in [0, 0.1) is 0 Å². The number of hydrogen-bond donors (Lipinski definition) is 2. The Kier molecular flexibility index (Phi) is 6.06. The Morgan fingerprint density at radius 1 is 1.40 bits per heavy atom. The fraction of sp³-hybridized carbons (Fsp3) is 0.385. The van der Waals surface area contributed by atoms with Gasteiger partial charge in [0.1, 0.15) is 0 Å². The predicted molar refractivity (Wildman–Crippen MR) is 74.1 cm³/mol. The summed E-state index contributed by atoms with van der Waals surface area (Å²) in [5.74, 6) is -1.03. The van der Waals surface area contributed by atoms with E-state index in [0.717, 1.165) is 5.56 Å². The number of azide groups is 1. The van der Waals surface area contributed by atoms with Gasteiger partial charge >= 0.3 is 5.97 Å². The molecule has 7 heteroatoms. The van der Waals surface area contributed by atoms with Crippen molar-refractivity contribution in [2.24, 2.45) is 5.11 Å². The van der Waals surface area contributed by atoms with Gasteiger partial charge in [-0.2, -0.15) is 0 Å². The van der Waals surface area contributed by atoms with E-state index in [0.29, 0.717) is 18.5 Å². The Labute approximate surface area is 116 Å². The molecule has 2 N–H and O–H groups in total. The monoisotopic (exact) mass is 276 g/mol. The minimum absolute atomic E-state index is 0.0431. The number of nitrogens with zero attached hydrogens (tertiary/aromatic N) is 3. The van der Waals surface area contributed by atoms with Crippen LogP contribution in [0.15, 0.2) is 29.4 Å². The van der Waals surface area contributed by atoms with Gasteiger partial charge in [-0.15, -0.1) is 0 Å². The maximum Gasteiger partial charge on any atom is 0.303 e. The number of hydrogen-bond acceptors (Lipinski definition) is 3. The third-order valence-electron chi connectivity index (χ3n) is 2.68. The number of carbonyl (C=O) groups excluding carboxylic acids is 1. The van der Waals surface area contributed by atoms with Crippen LogP contribution in [-0.4, -0.2) is 17.0 Å². The van der Waals surface area contributed by atoms with Crippen LogP contribution in [0.4, 0.5) is 5.69 Å². The zero-order chi connectivity index (χ0) is 15.0. The zero-order valence-corrected chi connectivity index (χ0v) is 11.1. The molecule has 0 saturated heterocycles. The van der Waals surface area contributed by atoms with Crippen molar-refractivity contribution in [3.05, 3.63) is 40.3 Å². The highest BCUT2D eigenvalue weighted by molar-refractivity contribution is 5.88. The highest BCUT2D eigenvalue weighted by Crippen LogP contribution is 2.25. The van der Waals surface area contributed by atoms with Gasteiger partial charge in [-0.05, 0) is 36.1 Å². The molecule has 1 aromatic carbocycles. The summed E-state index contributed by atoms with van der Waals surface area (Å²) in [7, 11) is 0. The van der Waals surface area contributed by atoms with Gasteiger partial charge in [0.25, 0.3) is 0 Å². The molecular weight excluding hydrogens is 260 g/mol. The van der Waals surface area contributed by atoms with E-state index in [1.807, 2.05) is 0 Å². The van der Waals surface area contributed by atoms with Crippen LogP contribution < -0.4 is 5.32 Å². The first-order valence-corrected chi connectivity index (χ1v) is 6.16. The molecule has 0 aromatic heterocycles. The first kappa shape index (κ1) is 15.5. The molecule has 1 rings (SSSR count). The van der Waals surface area contributed by atoms with E-state index in [9.17, 15) is 9.59 Å². The van der Waals surface area contributed by atoms with Crippen LogP contribution in [0.2, 0.25) is 0 Å². The molecule has 1 atom stereocenters. The van der Waals surface area contributed by atoms with Crippen molar-refractivity contribution in [1.29, 1.82) is 0 Å². The summed E-state index contributed by atoms with van der Waals surface area (Å²) in [5, 5.41) is 14.9. The first-order valence-electron chi connectivity index (χ1n) is 6.16. The Hall–Kier alpha value is -2.53. The fourth-order valence-electron chi connectivity index (χ4n) is 1.79. The van der Waals surface area contributed by atoms with Crippen molar-refractivity contribution >= 4 is 17.6 Å².